The number of hydrogen-bond acceptors (Lipinski definition) is 6. The van der Waals surface area contributed by atoms with Crippen LogP contribution in [0.1, 0.15) is 42.7 Å². The summed E-state index contributed by atoms with van der Waals surface area (Å²) >= 11 is 0. The van der Waals surface area contributed by atoms with Gasteiger partial charge >= 0.3 is 5.97 Å². The van der Waals surface area contributed by atoms with Crippen LogP contribution in [0.4, 0.5) is 0 Å². The number of esters is 1. The first-order valence-corrected chi connectivity index (χ1v) is 10.2. The zero-order chi connectivity index (χ0) is 22.1. The van der Waals surface area contributed by atoms with Crippen molar-refractivity contribution in [2.75, 3.05) is 14.2 Å². The number of aliphatic imine (C=N–C) groups is 1. The number of methoxy groups -OCH3 is 2. The molecule has 3 atom stereocenters. The number of ether oxygens (including phenoxy) is 2. The van der Waals surface area contributed by atoms with Gasteiger partial charge in [-0.05, 0) is 54.7 Å². The number of benzene rings is 2. The second kappa shape index (κ2) is 8.38. The number of hydrogen-bond donors (Lipinski definition) is 1. The Labute approximate surface area is 181 Å². The van der Waals surface area contributed by atoms with Crippen molar-refractivity contribution in [2.45, 2.75) is 31.6 Å². The quantitative estimate of drug-likeness (QED) is 0.753. The molecule has 0 radical (unpaired) electrons. The molecule has 4 rings (SSSR count). The lowest BCUT2D eigenvalue weighted by Gasteiger charge is -2.36. The standard InChI is InChI=1S/C25H25NO5/c1-14-22(25(29)31-3)23(16-5-4-6-18(27)11-16)24-20(26-14)12-17(13-21(24)28)15-7-9-19(30-2)10-8-15/h4-11,17,22-23,27H,12-13H2,1-3H3/t17-,22?,23-/m1/s1. The second-order valence-corrected chi connectivity index (χ2v) is 7.99. The first-order chi connectivity index (χ1) is 14.9. The molecule has 2 aliphatic rings. The van der Waals surface area contributed by atoms with Crippen molar-refractivity contribution in [1.82, 2.24) is 0 Å². The van der Waals surface area contributed by atoms with Gasteiger partial charge in [0.15, 0.2) is 5.78 Å². The number of phenolic OH excluding ortho intramolecular Hbond substituents is 1. The Morgan fingerprint density at radius 2 is 1.81 bits per heavy atom. The van der Waals surface area contributed by atoms with Crippen molar-refractivity contribution in [1.29, 1.82) is 0 Å². The van der Waals surface area contributed by atoms with Crippen LogP contribution < -0.4 is 4.74 Å². The largest absolute Gasteiger partial charge is 0.508 e. The lowest BCUT2D eigenvalue weighted by Crippen LogP contribution is -2.37. The Morgan fingerprint density at radius 1 is 1.06 bits per heavy atom. The summed E-state index contributed by atoms with van der Waals surface area (Å²) in [6, 6.07) is 14.5. The Morgan fingerprint density at radius 3 is 2.45 bits per heavy atom. The second-order valence-electron chi connectivity index (χ2n) is 7.99. The lowest BCUT2D eigenvalue weighted by molar-refractivity contribution is -0.143. The molecule has 1 unspecified atom stereocenters. The minimum atomic E-state index is -0.702. The highest BCUT2D eigenvalue weighted by atomic mass is 16.5. The number of phenols is 1. The number of rotatable bonds is 4. The summed E-state index contributed by atoms with van der Waals surface area (Å²) in [6.07, 6.45) is 0.941. The highest BCUT2D eigenvalue weighted by molar-refractivity contribution is 6.09. The van der Waals surface area contributed by atoms with Crippen LogP contribution in [-0.2, 0) is 14.3 Å². The molecule has 0 saturated heterocycles. The Balaban J connectivity index is 1.78. The molecule has 1 N–H and O–H groups in total. The van der Waals surface area contributed by atoms with Gasteiger partial charge in [-0.25, -0.2) is 0 Å². The first-order valence-electron chi connectivity index (χ1n) is 10.2. The molecule has 1 aliphatic carbocycles. The topological polar surface area (TPSA) is 85.2 Å². The van der Waals surface area contributed by atoms with E-state index in [9.17, 15) is 14.7 Å². The van der Waals surface area contributed by atoms with E-state index < -0.39 is 17.8 Å². The highest BCUT2D eigenvalue weighted by Crippen LogP contribution is 2.47. The molecule has 0 amide bonds. The summed E-state index contributed by atoms with van der Waals surface area (Å²) in [7, 11) is 2.95. The van der Waals surface area contributed by atoms with E-state index in [1.54, 1.807) is 32.2 Å². The third-order valence-electron chi connectivity index (χ3n) is 6.16. The molecule has 6 nitrogen and oxygen atoms in total. The SMILES string of the molecule is COC(=O)C1C(C)=NC2=C(C(=O)C[C@H](c3ccc(OC)cc3)C2)[C@@H]1c1cccc(O)c1. The van der Waals surface area contributed by atoms with E-state index in [-0.39, 0.29) is 17.5 Å². The van der Waals surface area contributed by atoms with Gasteiger partial charge in [-0.15, -0.1) is 0 Å². The average molecular weight is 419 g/mol. The Kier molecular flexibility index (Phi) is 5.63. The van der Waals surface area contributed by atoms with E-state index in [1.807, 2.05) is 30.3 Å². The Hall–Kier alpha value is -3.41. The minimum absolute atomic E-state index is 0.00760. The lowest BCUT2D eigenvalue weighted by atomic mass is 9.69. The van der Waals surface area contributed by atoms with Gasteiger partial charge in [0, 0.05) is 29.3 Å². The maximum Gasteiger partial charge on any atom is 0.315 e. The van der Waals surface area contributed by atoms with Gasteiger partial charge in [-0.3, -0.25) is 14.6 Å². The average Bonchev–Trinajstić information content (AvgIpc) is 2.77. The van der Waals surface area contributed by atoms with Gasteiger partial charge in [-0.1, -0.05) is 24.3 Å². The zero-order valence-electron chi connectivity index (χ0n) is 17.8. The molecule has 0 spiro atoms. The van der Waals surface area contributed by atoms with E-state index in [2.05, 4.69) is 0 Å². The fraction of sp³-hybridized carbons (Fsp3) is 0.320. The third kappa shape index (κ3) is 3.85. The van der Waals surface area contributed by atoms with Gasteiger partial charge in [0.25, 0.3) is 0 Å². The summed E-state index contributed by atoms with van der Waals surface area (Å²) in [6.45, 7) is 1.79. The molecular formula is C25H25NO5. The number of carbonyl (C=O) groups is 2. The summed E-state index contributed by atoms with van der Waals surface area (Å²) < 4.78 is 10.3. The molecule has 0 saturated carbocycles. The molecule has 1 aliphatic heterocycles. The van der Waals surface area contributed by atoms with E-state index in [4.69, 9.17) is 14.5 Å². The number of allylic oxidation sites excluding steroid dienone is 2. The molecule has 1 heterocycles. The van der Waals surface area contributed by atoms with Gasteiger partial charge in [0.1, 0.15) is 17.4 Å². The van der Waals surface area contributed by atoms with E-state index >= 15 is 0 Å². The summed E-state index contributed by atoms with van der Waals surface area (Å²) in [5.74, 6) is -0.839. The van der Waals surface area contributed by atoms with Crippen LogP contribution in [0.15, 0.2) is 64.8 Å². The number of nitrogens with zero attached hydrogens (tertiary/aromatic N) is 1. The molecule has 6 heteroatoms. The highest BCUT2D eigenvalue weighted by Gasteiger charge is 2.44. The van der Waals surface area contributed by atoms with Crippen LogP contribution in [0.3, 0.4) is 0 Å². The number of ketones is 1. The molecule has 160 valence electrons. The van der Waals surface area contributed by atoms with Gasteiger partial charge < -0.3 is 14.6 Å². The number of Topliss-reactive ketones (excluding diaryl/α,β-unsaturated/α-hetero) is 1. The summed E-state index contributed by atoms with van der Waals surface area (Å²) in [5, 5.41) is 10.0. The van der Waals surface area contributed by atoms with Crippen LogP contribution in [0, 0.1) is 5.92 Å². The van der Waals surface area contributed by atoms with Crippen molar-refractivity contribution in [3.8, 4) is 11.5 Å². The van der Waals surface area contributed by atoms with Crippen molar-refractivity contribution in [3.63, 3.8) is 0 Å². The smallest absolute Gasteiger partial charge is 0.315 e. The monoisotopic (exact) mass is 419 g/mol. The van der Waals surface area contributed by atoms with Crippen LogP contribution in [0.2, 0.25) is 0 Å². The van der Waals surface area contributed by atoms with Crippen LogP contribution in [-0.4, -0.2) is 36.8 Å². The predicted molar refractivity (Wildman–Crippen MR) is 116 cm³/mol. The van der Waals surface area contributed by atoms with E-state index in [0.29, 0.717) is 35.4 Å². The van der Waals surface area contributed by atoms with Crippen LogP contribution in [0.25, 0.3) is 0 Å². The van der Waals surface area contributed by atoms with Crippen molar-refractivity contribution < 1.29 is 24.2 Å². The number of carbonyl (C=O) groups excluding carboxylic acids is 2. The molecule has 0 bridgehead atoms. The maximum atomic E-state index is 13.4. The zero-order valence-corrected chi connectivity index (χ0v) is 17.8. The van der Waals surface area contributed by atoms with Crippen molar-refractivity contribution in [2.24, 2.45) is 10.9 Å². The van der Waals surface area contributed by atoms with E-state index in [1.165, 1.54) is 7.11 Å². The first kappa shape index (κ1) is 20.8. The van der Waals surface area contributed by atoms with Crippen molar-refractivity contribution in [3.05, 3.63) is 70.9 Å². The molecule has 31 heavy (non-hydrogen) atoms. The third-order valence-corrected chi connectivity index (χ3v) is 6.16. The van der Waals surface area contributed by atoms with Crippen molar-refractivity contribution >= 4 is 17.5 Å². The normalized spacial score (nSPS) is 23.1. The molecular weight excluding hydrogens is 394 g/mol. The van der Waals surface area contributed by atoms with Gasteiger partial charge in [0.2, 0.25) is 0 Å². The molecule has 0 aromatic heterocycles. The Bertz CT molecular complexity index is 1080. The van der Waals surface area contributed by atoms with Crippen LogP contribution >= 0.6 is 0 Å². The molecule has 2 aromatic carbocycles. The molecule has 2 aromatic rings. The fourth-order valence-corrected chi connectivity index (χ4v) is 4.68. The summed E-state index contributed by atoms with van der Waals surface area (Å²) in [4.78, 5) is 30.8. The predicted octanol–water partition coefficient (Wildman–Crippen LogP) is 4.15. The molecule has 0 fully saturated rings. The summed E-state index contributed by atoms with van der Waals surface area (Å²) in [5.41, 5.74) is 3.63. The number of aromatic hydroxyl groups is 1. The fourth-order valence-electron chi connectivity index (χ4n) is 4.68. The van der Waals surface area contributed by atoms with Gasteiger partial charge in [0.05, 0.1) is 14.2 Å². The maximum absolute atomic E-state index is 13.4. The van der Waals surface area contributed by atoms with E-state index in [0.717, 1.165) is 11.3 Å². The minimum Gasteiger partial charge on any atom is -0.508 e. The van der Waals surface area contributed by atoms with Crippen LogP contribution in [0.5, 0.6) is 11.5 Å². The van der Waals surface area contributed by atoms with Gasteiger partial charge in [-0.2, -0.15) is 0 Å².